The van der Waals surface area contributed by atoms with E-state index in [0.717, 1.165) is 0 Å². The fourth-order valence-electron chi connectivity index (χ4n) is 2.66. The van der Waals surface area contributed by atoms with Crippen LogP contribution in [-0.2, 0) is 0 Å². The first-order valence-corrected chi connectivity index (χ1v) is 8.24. The van der Waals surface area contributed by atoms with Crippen molar-refractivity contribution in [2.45, 2.75) is 26.1 Å². The number of aliphatic hydroxyl groups excluding tert-OH is 2. The van der Waals surface area contributed by atoms with Crippen molar-refractivity contribution in [2.24, 2.45) is 0 Å². The third-order valence-electron chi connectivity index (χ3n) is 3.69. The Labute approximate surface area is 147 Å². The maximum atomic E-state index is 12.9. The maximum Gasteiger partial charge on any atom is 0.254 e. The van der Waals surface area contributed by atoms with Crippen LogP contribution in [0.2, 0.25) is 0 Å². The Balaban J connectivity index is 2.38. The third-order valence-corrected chi connectivity index (χ3v) is 3.69. The Kier molecular flexibility index (Phi) is 6.44. The lowest BCUT2D eigenvalue weighted by molar-refractivity contribution is 0.0516. The molecular formula is C20H23NO4. The molecule has 0 aliphatic rings. The van der Waals surface area contributed by atoms with Crippen LogP contribution in [0, 0.1) is 0 Å². The van der Waals surface area contributed by atoms with Gasteiger partial charge in [0.2, 0.25) is 0 Å². The summed E-state index contributed by atoms with van der Waals surface area (Å²) < 4.78 is 0. The Morgan fingerprint density at radius 3 is 1.84 bits per heavy atom. The molecule has 0 spiro atoms. The number of benzene rings is 2. The van der Waals surface area contributed by atoms with Crippen LogP contribution in [0.1, 0.15) is 40.1 Å². The zero-order valence-electron chi connectivity index (χ0n) is 14.4. The van der Waals surface area contributed by atoms with E-state index in [-0.39, 0.29) is 30.3 Å². The number of carbonyl (C=O) groups is 2. The number of nitrogens with zero attached hydrogens (tertiary/aromatic N) is 1. The van der Waals surface area contributed by atoms with E-state index in [4.69, 9.17) is 0 Å². The zero-order chi connectivity index (χ0) is 18.4. The number of carbonyl (C=O) groups excluding carboxylic acids is 2. The van der Waals surface area contributed by atoms with E-state index in [2.05, 4.69) is 0 Å². The van der Waals surface area contributed by atoms with Crippen LogP contribution in [0.3, 0.4) is 0 Å². The van der Waals surface area contributed by atoms with Gasteiger partial charge in [-0.05, 0) is 19.9 Å². The standard InChI is InChI=1S/C20H23NO4/c1-14(22)12-21(13-15(2)23)20(25)18-11-7-6-10-17(18)19(24)16-8-4-3-5-9-16/h3-11,14-15,22-23H,12-13H2,1-2H3. The van der Waals surface area contributed by atoms with Gasteiger partial charge in [0.1, 0.15) is 0 Å². The highest BCUT2D eigenvalue weighted by atomic mass is 16.3. The average Bonchev–Trinajstić information content (AvgIpc) is 2.60. The molecule has 25 heavy (non-hydrogen) atoms. The summed E-state index contributed by atoms with van der Waals surface area (Å²) >= 11 is 0. The molecule has 0 fully saturated rings. The molecule has 2 aromatic carbocycles. The third kappa shape index (κ3) is 4.98. The van der Waals surface area contributed by atoms with Crippen LogP contribution < -0.4 is 0 Å². The van der Waals surface area contributed by atoms with Gasteiger partial charge in [-0.1, -0.05) is 48.5 Å². The van der Waals surface area contributed by atoms with Crippen molar-refractivity contribution < 1.29 is 19.8 Å². The average molecular weight is 341 g/mol. The zero-order valence-corrected chi connectivity index (χ0v) is 14.4. The van der Waals surface area contributed by atoms with Crippen molar-refractivity contribution in [2.75, 3.05) is 13.1 Å². The molecule has 5 heteroatoms. The van der Waals surface area contributed by atoms with E-state index in [0.29, 0.717) is 11.1 Å². The highest BCUT2D eigenvalue weighted by Crippen LogP contribution is 2.17. The van der Waals surface area contributed by atoms with Crippen molar-refractivity contribution in [3.63, 3.8) is 0 Å². The van der Waals surface area contributed by atoms with Gasteiger partial charge in [-0.2, -0.15) is 0 Å². The summed E-state index contributed by atoms with van der Waals surface area (Å²) in [5, 5.41) is 19.3. The minimum absolute atomic E-state index is 0.0809. The molecule has 2 unspecified atom stereocenters. The predicted octanol–water partition coefficient (Wildman–Crippen LogP) is 2.12. The molecule has 1 amide bonds. The number of amides is 1. The highest BCUT2D eigenvalue weighted by Gasteiger charge is 2.24. The fourth-order valence-corrected chi connectivity index (χ4v) is 2.66. The number of hydrogen-bond donors (Lipinski definition) is 2. The van der Waals surface area contributed by atoms with Crippen molar-refractivity contribution >= 4 is 11.7 Å². The Bertz CT molecular complexity index is 715. The molecule has 5 nitrogen and oxygen atoms in total. The summed E-state index contributed by atoms with van der Waals surface area (Å²) in [6.45, 7) is 3.31. The van der Waals surface area contributed by atoms with Crippen LogP contribution >= 0.6 is 0 Å². The minimum Gasteiger partial charge on any atom is -0.392 e. The molecule has 2 rings (SSSR count). The van der Waals surface area contributed by atoms with E-state index in [1.165, 1.54) is 4.90 Å². The largest absolute Gasteiger partial charge is 0.392 e. The lowest BCUT2D eigenvalue weighted by Crippen LogP contribution is -2.41. The Morgan fingerprint density at radius 1 is 0.840 bits per heavy atom. The van der Waals surface area contributed by atoms with Gasteiger partial charge in [-0.15, -0.1) is 0 Å². The molecule has 2 N–H and O–H groups in total. The second-order valence-corrected chi connectivity index (χ2v) is 6.15. The fraction of sp³-hybridized carbons (Fsp3) is 0.300. The van der Waals surface area contributed by atoms with E-state index in [9.17, 15) is 19.8 Å². The highest BCUT2D eigenvalue weighted by molar-refractivity contribution is 6.15. The van der Waals surface area contributed by atoms with Gasteiger partial charge >= 0.3 is 0 Å². The van der Waals surface area contributed by atoms with Gasteiger partial charge in [0.15, 0.2) is 5.78 Å². The summed E-state index contributed by atoms with van der Waals surface area (Å²) in [5.41, 5.74) is 1.07. The SMILES string of the molecule is CC(O)CN(CC(C)O)C(=O)c1ccccc1C(=O)c1ccccc1. The Hall–Kier alpha value is -2.50. The van der Waals surface area contributed by atoms with E-state index < -0.39 is 12.2 Å². The van der Waals surface area contributed by atoms with Crippen molar-refractivity contribution in [3.05, 3.63) is 71.3 Å². The summed E-state index contributed by atoms with van der Waals surface area (Å²) in [5.74, 6) is -0.625. The normalized spacial score (nSPS) is 13.1. The lowest BCUT2D eigenvalue weighted by atomic mass is 9.97. The summed E-state index contributed by atoms with van der Waals surface area (Å²) in [7, 11) is 0. The van der Waals surface area contributed by atoms with E-state index in [1.807, 2.05) is 6.07 Å². The second-order valence-electron chi connectivity index (χ2n) is 6.15. The van der Waals surface area contributed by atoms with Crippen molar-refractivity contribution in [1.82, 2.24) is 4.90 Å². The molecular weight excluding hydrogens is 318 g/mol. The number of rotatable bonds is 7. The van der Waals surface area contributed by atoms with Crippen LogP contribution in [0.25, 0.3) is 0 Å². The molecule has 0 radical (unpaired) electrons. The van der Waals surface area contributed by atoms with Gasteiger partial charge in [-0.3, -0.25) is 9.59 Å². The summed E-state index contributed by atoms with van der Waals surface area (Å²) in [6.07, 6.45) is -1.47. The second kappa shape index (κ2) is 8.55. The van der Waals surface area contributed by atoms with Crippen molar-refractivity contribution in [1.29, 1.82) is 0 Å². The number of hydrogen-bond acceptors (Lipinski definition) is 4. The van der Waals surface area contributed by atoms with Gasteiger partial charge in [-0.25, -0.2) is 0 Å². The number of ketones is 1. The van der Waals surface area contributed by atoms with Crippen LogP contribution in [0.5, 0.6) is 0 Å². The molecule has 0 heterocycles. The van der Waals surface area contributed by atoms with E-state index in [1.54, 1.807) is 62.4 Å². The monoisotopic (exact) mass is 341 g/mol. The van der Waals surface area contributed by atoms with Crippen molar-refractivity contribution in [3.8, 4) is 0 Å². The van der Waals surface area contributed by atoms with Crippen LogP contribution in [-0.4, -0.2) is 52.1 Å². The molecule has 0 bridgehead atoms. The lowest BCUT2D eigenvalue weighted by Gasteiger charge is -2.26. The molecule has 132 valence electrons. The van der Waals surface area contributed by atoms with Gasteiger partial charge < -0.3 is 15.1 Å². The quantitative estimate of drug-likeness (QED) is 0.756. The first-order chi connectivity index (χ1) is 11.9. The molecule has 2 aromatic rings. The molecule has 0 saturated heterocycles. The van der Waals surface area contributed by atoms with E-state index >= 15 is 0 Å². The summed E-state index contributed by atoms with van der Waals surface area (Å²) in [6, 6.07) is 15.4. The molecule has 0 aliphatic carbocycles. The molecule has 2 atom stereocenters. The smallest absolute Gasteiger partial charge is 0.254 e. The van der Waals surface area contributed by atoms with Gasteiger partial charge in [0, 0.05) is 24.2 Å². The van der Waals surface area contributed by atoms with Gasteiger partial charge in [0.05, 0.1) is 17.8 Å². The van der Waals surface area contributed by atoms with Gasteiger partial charge in [0.25, 0.3) is 5.91 Å². The molecule has 0 aromatic heterocycles. The molecule has 0 aliphatic heterocycles. The van der Waals surface area contributed by atoms with Crippen LogP contribution in [0.15, 0.2) is 54.6 Å². The first kappa shape index (κ1) is 18.8. The van der Waals surface area contributed by atoms with Crippen LogP contribution in [0.4, 0.5) is 0 Å². The first-order valence-electron chi connectivity index (χ1n) is 8.24. The maximum absolute atomic E-state index is 12.9. The Morgan fingerprint density at radius 2 is 1.32 bits per heavy atom. The topological polar surface area (TPSA) is 77.8 Å². The predicted molar refractivity (Wildman–Crippen MR) is 95.6 cm³/mol. The number of aliphatic hydroxyl groups is 2. The molecule has 0 saturated carbocycles. The minimum atomic E-state index is -0.736. The summed E-state index contributed by atoms with van der Waals surface area (Å²) in [4.78, 5) is 27.1.